The van der Waals surface area contributed by atoms with Crippen LogP contribution in [0.2, 0.25) is 0 Å². The molecule has 1 aromatic carbocycles. The van der Waals surface area contributed by atoms with Gasteiger partial charge in [0.1, 0.15) is 5.76 Å². The molecule has 0 bridgehead atoms. The second-order valence-corrected chi connectivity index (χ2v) is 8.27. The molecule has 6 nitrogen and oxygen atoms in total. The molecule has 0 atom stereocenters. The van der Waals surface area contributed by atoms with Gasteiger partial charge < -0.3 is 9.73 Å². The van der Waals surface area contributed by atoms with E-state index in [1.54, 1.807) is 13.0 Å². The number of hydrogen-bond acceptors (Lipinski definition) is 4. The number of amides is 2. The molecule has 25 heavy (non-hydrogen) atoms. The Kier molecular flexibility index (Phi) is 3.83. The van der Waals surface area contributed by atoms with E-state index in [0.717, 1.165) is 55.3 Å². The van der Waals surface area contributed by atoms with Crippen LogP contribution >= 0.6 is 0 Å². The summed E-state index contributed by atoms with van der Waals surface area (Å²) in [5.74, 6) is 0.472. The lowest BCUT2D eigenvalue weighted by Crippen LogP contribution is -2.34. The Morgan fingerprint density at radius 1 is 1.04 bits per heavy atom. The Morgan fingerprint density at radius 3 is 2.24 bits per heavy atom. The highest BCUT2D eigenvalue weighted by atomic mass is 32.2. The Labute approximate surface area is 146 Å². The van der Waals surface area contributed by atoms with Crippen molar-refractivity contribution in [3.8, 4) is 0 Å². The highest BCUT2D eigenvalue weighted by Crippen LogP contribution is 2.38. The average Bonchev–Trinajstić information content (AvgIpc) is 3.25. The van der Waals surface area contributed by atoms with Gasteiger partial charge >= 0.3 is 6.03 Å². The van der Waals surface area contributed by atoms with E-state index in [-0.39, 0.29) is 5.09 Å². The molecule has 0 spiro atoms. The van der Waals surface area contributed by atoms with Crippen LogP contribution in [0.5, 0.6) is 0 Å². The maximum absolute atomic E-state index is 12.4. The van der Waals surface area contributed by atoms with E-state index in [9.17, 15) is 13.2 Å². The van der Waals surface area contributed by atoms with Crippen LogP contribution in [0.3, 0.4) is 0 Å². The summed E-state index contributed by atoms with van der Waals surface area (Å²) in [7, 11) is -4.02. The molecule has 2 aliphatic carbocycles. The van der Waals surface area contributed by atoms with Crippen LogP contribution in [0.15, 0.2) is 27.7 Å². The average molecular weight is 360 g/mol. The lowest BCUT2D eigenvalue weighted by atomic mass is 9.99. The predicted octanol–water partition coefficient (Wildman–Crippen LogP) is 3.08. The standard InChI is InChI=1S/C18H20N2O4S/c1-11-8-9-16(24-11)25(22,23)20-18(21)19-17-14-6-2-4-12(14)10-13-5-3-7-15(13)17/h8-10H,2-7H2,1H3,(H2,19,20,21). The second-order valence-electron chi connectivity index (χ2n) is 6.66. The third-order valence-electron chi connectivity index (χ3n) is 4.92. The lowest BCUT2D eigenvalue weighted by Gasteiger charge is -2.16. The lowest BCUT2D eigenvalue weighted by molar-refractivity contribution is 0.256. The van der Waals surface area contributed by atoms with Crippen LogP contribution < -0.4 is 10.0 Å². The van der Waals surface area contributed by atoms with Crippen molar-refractivity contribution in [2.45, 2.75) is 50.5 Å². The molecule has 0 saturated carbocycles. The summed E-state index contributed by atoms with van der Waals surface area (Å²) < 4.78 is 31.7. The molecule has 0 fully saturated rings. The summed E-state index contributed by atoms with van der Waals surface area (Å²) in [6.45, 7) is 1.65. The first-order valence-electron chi connectivity index (χ1n) is 8.51. The van der Waals surface area contributed by atoms with Crippen molar-refractivity contribution in [1.29, 1.82) is 0 Å². The predicted molar refractivity (Wildman–Crippen MR) is 93.3 cm³/mol. The van der Waals surface area contributed by atoms with Crippen molar-refractivity contribution in [1.82, 2.24) is 4.72 Å². The normalized spacial score (nSPS) is 15.7. The number of urea groups is 1. The fraction of sp³-hybridized carbons (Fsp3) is 0.389. The van der Waals surface area contributed by atoms with Crippen molar-refractivity contribution in [2.75, 3.05) is 5.32 Å². The van der Waals surface area contributed by atoms with Crippen LogP contribution in [-0.2, 0) is 35.7 Å². The van der Waals surface area contributed by atoms with Crippen LogP contribution in [0, 0.1) is 6.92 Å². The van der Waals surface area contributed by atoms with Gasteiger partial charge in [-0.15, -0.1) is 0 Å². The van der Waals surface area contributed by atoms with Gasteiger partial charge in [0.05, 0.1) is 0 Å². The van der Waals surface area contributed by atoms with Gasteiger partial charge in [-0.05, 0) is 79.8 Å². The largest absolute Gasteiger partial charge is 0.448 e. The molecule has 2 amide bonds. The van der Waals surface area contributed by atoms with E-state index in [0.29, 0.717) is 5.76 Å². The molecule has 0 unspecified atom stereocenters. The van der Waals surface area contributed by atoms with Gasteiger partial charge in [0.25, 0.3) is 10.0 Å². The Balaban J connectivity index is 1.60. The van der Waals surface area contributed by atoms with Crippen LogP contribution in [0.4, 0.5) is 10.5 Å². The Hall–Kier alpha value is -2.28. The van der Waals surface area contributed by atoms with Gasteiger partial charge in [-0.25, -0.2) is 9.52 Å². The molecule has 4 rings (SSSR count). The Morgan fingerprint density at radius 2 is 1.68 bits per heavy atom. The molecular weight excluding hydrogens is 340 g/mol. The molecule has 2 N–H and O–H groups in total. The Bertz CT molecular complexity index is 927. The number of hydrogen-bond donors (Lipinski definition) is 2. The number of fused-ring (bicyclic) bond motifs is 2. The first-order valence-corrected chi connectivity index (χ1v) is 9.99. The van der Waals surface area contributed by atoms with Crippen molar-refractivity contribution in [3.05, 3.63) is 46.2 Å². The topological polar surface area (TPSA) is 88.4 Å². The van der Waals surface area contributed by atoms with Crippen molar-refractivity contribution in [3.63, 3.8) is 0 Å². The molecule has 7 heteroatoms. The monoisotopic (exact) mass is 360 g/mol. The third-order valence-corrected chi connectivity index (χ3v) is 6.12. The van der Waals surface area contributed by atoms with Crippen molar-refractivity contribution in [2.24, 2.45) is 0 Å². The summed E-state index contributed by atoms with van der Waals surface area (Å²) in [5.41, 5.74) is 5.68. The quantitative estimate of drug-likeness (QED) is 0.880. The summed E-state index contributed by atoms with van der Waals surface area (Å²) in [6.07, 6.45) is 6.01. The van der Waals surface area contributed by atoms with E-state index in [1.165, 1.54) is 17.2 Å². The molecule has 2 aliphatic rings. The fourth-order valence-corrected chi connectivity index (χ4v) is 4.72. The minimum Gasteiger partial charge on any atom is -0.448 e. The smallest absolute Gasteiger partial charge is 0.333 e. The first kappa shape index (κ1) is 16.2. The maximum atomic E-state index is 12.4. The molecule has 0 saturated heterocycles. The first-order chi connectivity index (χ1) is 11.9. The van der Waals surface area contributed by atoms with E-state index in [1.807, 2.05) is 4.72 Å². The number of carbonyl (C=O) groups excluding carboxylic acids is 1. The van der Waals surface area contributed by atoms with E-state index >= 15 is 0 Å². The van der Waals surface area contributed by atoms with Crippen LogP contribution in [0.25, 0.3) is 0 Å². The molecule has 0 radical (unpaired) electrons. The summed E-state index contributed by atoms with van der Waals surface area (Å²) >= 11 is 0. The summed E-state index contributed by atoms with van der Waals surface area (Å²) in [6, 6.07) is 4.39. The zero-order valence-electron chi connectivity index (χ0n) is 14.0. The van der Waals surface area contributed by atoms with Crippen molar-refractivity contribution < 1.29 is 17.6 Å². The number of carbonyl (C=O) groups is 1. The van der Waals surface area contributed by atoms with Gasteiger partial charge in [0.2, 0.25) is 5.09 Å². The minimum atomic E-state index is -4.02. The van der Waals surface area contributed by atoms with Crippen molar-refractivity contribution >= 4 is 21.7 Å². The number of sulfonamides is 1. The SMILES string of the molecule is Cc1ccc(S(=O)(=O)NC(=O)Nc2c3c(cc4c2CCC4)CCC3)o1. The van der Waals surface area contributed by atoms with Gasteiger partial charge in [0.15, 0.2) is 0 Å². The highest BCUT2D eigenvalue weighted by Gasteiger charge is 2.27. The molecular formula is C18H20N2O4S. The fourth-order valence-electron chi connectivity index (χ4n) is 3.84. The van der Waals surface area contributed by atoms with Crippen LogP contribution in [-0.4, -0.2) is 14.4 Å². The van der Waals surface area contributed by atoms with Gasteiger partial charge in [0, 0.05) is 5.69 Å². The molecule has 1 aromatic heterocycles. The van der Waals surface area contributed by atoms with E-state index in [4.69, 9.17) is 4.42 Å². The zero-order valence-corrected chi connectivity index (χ0v) is 14.8. The summed E-state index contributed by atoms with van der Waals surface area (Å²) in [4.78, 5) is 12.4. The van der Waals surface area contributed by atoms with Gasteiger partial charge in [-0.1, -0.05) is 6.07 Å². The third kappa shape index (κ3) is 2.93. The van der Waals surface area contributed by atoms with Gasteiger partial charge in [-0.2, -0.15) is 8.42 Å². The highest BCUT2D eigenvalue weighted by molar-refractivity contribution is 7.89. The number of benzene rings is 1. The number of nitrogens with one attached hydrogen (secondary N) is 2. The molecule has 0 aliphatic heterocycles. The molecule has 1 heterocycles. The summed E-state index contributed by atoms with van der Waals surface area (Å²) in [5, 5.41) is 2.54. The van der Waals surface area contributed by atoms with E-state index in [2.05, 4.69) is 11.4 Å². The molecule has 2 aromatic rings. The number of anilines is 1. The maximum Gasteiger partial charge on any atom is 0.333 e. The zero-order chi connectivity index (χ0) is 17.6. The number of rotatable bonds is 3. The van der Waals surface area contributed by atoms with E-state index < -0.39 is 16.1 Å². The number of aryl methyl sites for hydroxylation is 3. The molecule has 132 valence electrons. The van der Waals surface area contributed by atoms with Gasteiger partial charge in [-0.3, -0.25) is 0 Å². The minimum absolute atomic E-state index is 0.260. The second kappa shape index (κ2) is 5.91. The van der Waals surface area contributed by atoms with Crippen LogP contribution in [0.1, 0.15) is 40.9 Å². The number of furan rings is 1.